The number of hydrogen-bond donors (Lipinski definition) is 2. The van der Waals surface area contributed by atoms with Crippen LogP contribution in [0.5, 0.6) is 0 Å². The summed E-state index contributed by atoms with van der Waals surface area (Å²) < 4.78 is 13.5. The highest BCUT2D eigenvalue weighted by Gasteiger charge is 2.04. The number of benzene rings is 2. The highest BCUT2D eigenvalue weighted by Crippen LogP contribution is 2.24. The van der Waals surface area contributed by atoms with Crippen molar-refractivity contribution in [2.75, 3.05) is 11.1 Å². The molecule has 3 N–H and O–H groups in total. The van der Waals surface area contributed by atoms with Gasteiger partial charge < -0.3 is 11.1 Å². The van der Waals surface area contributed by atoms with Gasteiger partial charge in [0.1, 0.15) is 5.82 Å². The average Bonchev–Trinajstić information content (AvgIpc) is 2.24. The van der Waals surface area contributed by atoms with Crippen LogP contribution in [0.25, 0.3) is 0 Å². The standard InChI is InChI=1S/C13H13FN2/c1-9-4-2-7-12(14)13(9)16-11-6-3-5-10(15)8-11/h2-8,16H,15H2,1H3. The molecule has 0 fully saturated rings. The molecule has 0 aliphatic rings. The maximum atomic E-state index is 13.5. The largest absolute Gasteiger partial charge is 0.399 e. The number of anilines is 3. The van der Waals surface area contributed by atoms with E-state index in [1.807, 2.05) is 25.1 Å². The average molecular weight is 216 g/mol. The zero-order valence-corrected chi connectivity index (χ0v) is 9.00. The van der Waals surface area contributed by atoms with E-state index in [9.17, 15) is 4.39 Å². The molecule has 82 valence electrons. The summed E-state index contributed by atoms with van der Waals surface area (Å²) >= 11 is 0. The zero-order chi connectivity index (χ0) is 11.5. The van der Waals surface area contributed by atoms with E-state index >= 15 is 0 Å². The Morgan fingerprint density at radius 2 is 1.88 bits per heavy atom. The van der Waals surface area contributed by atoms with Crippen molar-refractivity contribution in [3.8, 4) is 0 Å². The van der Waals surface area contributed by atoms with Crippen molar-refractivity contribution in [2.45, 2.75) is 6.92 Å². The predicted molar refractivity (Wildman–Crippen MR) is 65.3 cm³/mol. The molecule has 0 aromatic heterocycles. The first-order chi connectivity index (χ1) is 7.66. The predicted octanol–water partition coefficient (Wildman–Crippen LogP) is 3.46. The normalized spacial score (nSPS) is 10.1. The van der Waals surface area contributed by atoms with Crippen LogP contribution in [0.2, 0.25) is 0 Å². The molecule has 0 atom stereocenters. The summed E-state index contributed by atoms with van der Waals surface area (Å²) in [6.45, 7) is 1.86. The third kappa shape index (κ3) is 2.14. The van der Waals surface area contributed by atoms with E-state index in [1.165, 1.54) is 6.07 Å². The lowest BCUT2D eigenvalue weighted by molar-refractivity contribution is 0.631. The molecule has 0 saturated carbocycles. The maximum absolute atomic E-state index is 13.5. The smallest absolute Gasteiger partial charge is 0.146 e. The first kappa shape index (κ1) is 10.5. The number of hydrogen-bond acceptors (Lipinski definition) is 2. The molecule has 2 rings (SSSR count). The summed E-state index contributed by atoms with van der Waals surface area (Å²) in [4.78, 5) is 0. The Balaban J connectivity index is 2.34. The van der Waals surface area contributed by atoms with Gasteiger partial charge in [-0.15, -0.1) is 0 Å². The monoisotopic (exact) mass is 216 g/mol. The fourth-order valence-corrected chi connectivity index (χ4v) is 1.55. The molecule has 0 radical (unpaired) electrons. The van der Waals surface area contributed by atoms with E-state index in [0.717, 1.165) is 11.3 Å². The summed E-state index contributed by atoms with van der Waals surface area (Å²) in [5, 5.41) is 3.03. The molecule has 0 aliphatic heterocycles. The molecule has 2 aromatic rings. The number of aryl methyl sites for hydroxylation is 1. The summed E-state index contributed by atoms with van der Waals surface area (Å²) in [5.74, 6) is -0.262. The van der Waals surface area contributed by atoms with E-state index in [0.29, 0.717) is 11.4 Å². The minimum atomic E-state index is -0.262. The molecule has 0 aliphatic carbocycles. The van der Waals surface area contributed by atoms with Crippen LogP contribution in [-0.2, 0) is 0 Å². The van der Waals surface area contributed by atoms with Gasteiger partial charge in [-0.05, 0) is 36.8 Å². The van der Waals surface area contributed by atoms with Gasteiger partial charge in [0.05, 0.1) is 5.69 Å². The number of rotatable bonds is 2. The van der Waals surface area contributed by atoms with Gasteiger partial charge in [-0.2, -0.15) is 0 Å². The second-order valence-corrected chi connectivity index (χ2v) is 3.68. The van der Waals surface area contributed by atoms with E-state index in [1.54, 1.807) is 18.2 Å². The van der Waals surface area contributed by atoms with E-state index in [4.69, 9.17) is 5.73 Å². The molecule has 2 nitrogen and oxygen atoms in total. The third-order valence-corrected chi connectivity index (χ3v) is 2.38. The molecule has 0 spiro atoms. The fraction of sp³-hybridized carbons (Fsp3) is 0.0769. The lowest BCUT2D eigenvalue weighted by Crippen LogP contribution is -1.97. The van der Waals surface area contributed by atoms with Crippen LogP contribution in [0.4, 0.5) is 21.5 Å². The van der Waals surface area contributed by atoms with Gasteiger partial charge in [-0.1, -0.05) is 18.2 Å². The molecule has 3 heteroatoms. The number of nitrogens with one attached hydrogen (secondary N) is 1. The topological polar surface area (TPSA) is 38.0 Å². The van der Waals surface area contributed by atoms with Crippen molar-refractivity contribution in [3.05, 3.63) is 53.8 Å². The number of nitrogens with two attached hydrogens (primary N) is 1. The molecular weight excluding hydrogens is 203 g/mol. The summed E-state index contributed by atoms with van der Waals surface area (Å²) in [6.07, 6.45) is 0. The lowest BCUT2D eigenvalue weighted by atomic mass is 10.2. The Kier molecular flexibility index (Phi) is 2.77. The van der Waals surface area contributed by atoms with Gasteiger partial charge in [-0.3, -0.25) is 0 Å². The Bertz CT molecular complexity index is 489. The first-order valence-corrected chi connectivity index (χ1v) is 5.04. The van der Waals surface area contributed by atoms with E-state index in [2.05, 4.69) is 5.32 Å². The summed E-state index contributed by atoms with van der Waals surface area (Å²) in [6, 6.07) is 12.2. The van der Waals surface area contributed by atoms with Crippen molar-refractivity contribution in [1.29, 1.82) is 0 Å². The van der Waals surface area contributed by atoms with E-state index in [-0.39, 0.29) is 5.82 Å². The first-order valence-electron chi connectivity index (χ1n) is 5.04. The Morgan fingerprint density at radius 1 is 1.12 bits per heavy atom. The van der Waals surface area contributed by atoms with Crippen molar-refractivity contribution in [3.63, 3.8) is 0 Å². The quantitative estimate of drug-likeness (QED) is 0.754. The fourth-order valence-electron chi connectivity index (χ4n) is 1.55. The highest BCUT2D eigenvalue weighted by atomic mass is 19.1. The van der Waals surface area contributed by atoms with Crippen LogP contribution in [0, 0.1) is 12.7 Å². The summed E-state index contributed by atoms with van der Waals surface area (Å²) in [7, 11) is 0. The lowest BCUT2D eigenvalue weighted by Gasteiger charge is -2.10. The molecule has 2 aromatic carbocycles. The van der Waals surface area contributed by atoms with Crippen LogP contribution >= 0.6 is 0 Å². The van der Waals surface area contributed by atoms with Crippen molar-refractivity contribution >= 4 is 17.1 Å². The van der Waals surface area contributed by atoms with Gasteiger partial charge >= 0.3 is 0 Å². The van der Waals surface area contributed by atoms with Crippen molar-refractivity contribution in [1.82, 2.24) is 0 Å². The minimum absolute atomic E-state index is 0.262. The second-order valence-electron chi connectivity index (χ2n) is 3.68. The maximum Gasteiger partial charge on any atom is 0.146 e. The van der Waals surface area contributed by atoms with Gasteiger partial charge in [0.15, 0.2) is 0 Å². The van der Waals surface area contributed by atoms with Gasteiger partial charge in [0.2, 0.25) is 0 Å². The number of halogens is 1. The zero-order valence-electron chi connectivity index (χ0n) is 9.00. The van der Waals surface area contributed by atoms with Crippen LogP contribution in [0.3, 0.4) is 0 Å². The van der Waals surface area contributed by atoms with Crippen LogP contribution < -0.4 is 11.1 Å². The molecule has 0 saturated heterocycles. The summed E-state index contributed by atoms with van der Waals surface area (Å²) in [5.41, 5.74) is 8.45. The second kappa shape index (κ2) is 4.23. The van der Waals surface area contributed by atoms with Gasteiger partial charge in [0, 0.05) is 11.4 Å². The van der Waals surface area contributed by atoms with E-state index < -0.39 is 0 Å². The van der Waals surface area contributed by atoms with Crippen LogP contribution in [0.15, 0.2) is 42.5 Å². The highest BCUT2D eigenvalue weighted by molar-refractivity contribution is 5.66. The van der Waals surface area contributed by atoms with Gasteiger partial charge in [-0.25, -0.2) is 4.39 Å². The molecule has 0 heterocycles. The Labute approximate surface area is 93.9 Å². The molecule has 0 unspecified atom stereocenters. The van der Waals surface area contributed by atoms with Crippen molar-refractivity contribution in [2.24, 2.45) is 0 Å². The SMILES string of the molecule is Cc1cccc(F)c1Nc1cccc(N)c1. The van der Waals surface area contributed by atoms with Crippen LogP contribution in [0.1, 0.15) is 5.56 Å². The Morgan fingerprint density at radius 3 is 2.56 bits per heavy atom. The van der Waals surface area contributed by atoms with Gasteiger partial charge in [0.25, 0.3) is 0 Å². The molecule has 0 bridgehead atoms. The number of para-hydroxylation sites is 1. The third-order valence-electron chi connectivity index (χ3n) is 2.38. The minimum Gasteiger partial charge on any atom is -0.399 e. The molecule has 16 heavy (non-hydrogen) atoms. The number of nitrogen functional groups attached to an aromatic ring is 1. The molecule has 0 amide bonds. The van der Waals surface area contributed by atoms with Crippen molar-refractivity contribution < 1.29 is 4.39 Å². The Hall–Kier alpha value is -2.03. The van der Waals surface area contributed by atoms with Crippen LogP contribution in [-0.4, -0.2) is 0 Å². The molecular formula is C13H13FN2.